The van der Waals surface area contributed by atoms with Crippen molar-refractivity contribution in [2.75, 3.05) is 31.6 Å². The lowest BCUT2D eigenvalue weighted by Gasteiger charge is -2.39. The van der Waals surface area contributed by atoms with Crippen LogP contribution >= 0.6 is 0 Å². The van der Waals surface area contributed by atoms with E-state index in [1.54, 1.807) is 6.92 Å². The summed E-state index contributed by atoms with van der Waals surface area (Å²) in [6.07, 6.45) is -4.53. The van der Waals surface area contributed by atoms with Crippen LogP contribution in [0, 0.1) is 6.92 Å². The Hall–Kier alpha value is -4.68. The van der Waals surface area contributed by atoms with Gasteiger partial charge in [-0.2, -0.15) is 22.0 Å². The highest BCUT2D eigenvalue weighted by Gasteiger charge is 2.40. The smallest absolute Gasteiger partial charge is 0.416 e. The number of anilines is 1. The first-order chi connectivity index (χ1) is 19.9. The van der Waals surface area contributed by atoms with E-state index in [-0.39, 0.29) is 47.9 Å². The Morgan fingerprint density at radius 2 is 1.79 bits per heavy atom. The van der Waals surface area contributed by atoms with E-state index in [0.717, 1.165) is 12.1 Å². The second-order valence-corrected chi connectivity index (χ2v) is 9.78. The molecule has 1 fully saturated rings. The van der Waals surface area contributed by atoms with Crippen molar-refractivity contribution in [2.24, 2.45) is 0 Å². The Balaban J connectivity index is 1.28. The number of hydrogen-bond donors (Lipinski definition) is 1. The van der Waals surface area contributed by atoms with Gasteiger partial charge in [0.15, 0.2) is 6.61 Å². The summed E-state index contributed by atoms with van der Waals surface area (Å²) in [4.78, 5) is 42.3. The number of carbonyl (C=O) groups excluding carboxylic acids is 3. The lowest BCUT2D eigenvalue weighted by atomic mass is 9.99. The molecule has 0 spiro atoms. The van der Waals surface area contributed by atoms with E-state index < -0.39 is 48.7 Å². The zero-order valence-corrected chi connectivity index (χ0v) is 22.1. The summed E-state index contributed by atoms with van der Waals surface area (Å²) < 4.78 is 74.4. The number of rotatable bonds is 6. The van der Waals surface area contributed by atoms with Crippen molar-refractivity contribution in [3.63, 3.8) is 0 Å². The molecule has 3 aromatic carbocycles. The fourth-order valence-electron chi connectivity index (χ4n) is 4.92. The van der Waals surface area contributed by atoms with Crippen molar-refractivity contribution in [2.45, 2.75) is 25.8 Å². The van der Waals surface area contributed by atoms with E-state index in [2.05, 4.69) is 10.1 Å². The van der Waals surface area contributed by atoms with Gasteiger partial charge in [0.1, 0.15) is 17.5 Å². The van der Waals surface area contributed by atoms with Crippen molar-refractivity contribution >= 4 is 23.4 Å². The fourth-order valence-corrected chi connectivity index (χ4v) is 4.92. The molecular weight excluding hydrogens is 565 g/mol. The molecule has 1 N–H and O–H groups in total. The zero-order valence-electron chi connectivity index (χ0n) is 22.1. The van der Waals surface area contributed by atoms with Gasteiger partial charge < -0.3 is 24.6 Å². The third-order valence-corrected chi connectivity index (χ3v) is 7.05. The number of amides is 3. The number of alkyl halides is 5. The van der Waals surface area contributed by atoms with Crippen molar-refractivity contribution in [1.82, 2.24) is 9.80 Å². The minimum atomic E-state index is -4.53. The van der Waals surface area contributed by atoms with Gasteiger partial charge in [0.2, 0.25) is 5.91 Å². The second-order valence-electron chi connectivity index (χ2n) is 9.78. The van der Waals surface area contributed by atoms with Crippen molar-refractivity contribution in [3.8, 4) is 22.6 Å². The van der Waals surface area contributed by atoms with E-state index in [1.807, 2.05) is 0 Å². The van der Waals surface area contributed by atoms with Crippen molar-refractivity contribution < 1.29 is 45.8 Å². The molecule has 1 atom stereocenters. The molecule has 0 radical (unpaired) electrons. The summed E-state index contributed by atoms with van der Waals surface area (Å²) >= 11 is 0. The van der Waals surface area contributed by atoms with Crippen LogP contribution in [0.3, 0.4) is 0 Å². The lowest BCUT2D eigenvalue weighted by molar-refractivity contribution is -0.138. The Labute approximate surface area is 236 Å². The number of hydrogen-bond acceptors (Lipinski definition) is 5. The molecule has 0 aromatic heterocycles. The van der Waals surface area contributed by atoms with E-state index in [9.17, 15) is 36.3 Å². The SMILES string of the molecule is Cc1cc(OC(F)F)ccc1OCC(=O)N1CCN2C(=O)c3cc(-c4cccc(C(F)(F)F)c4)ccc3NC(=O)C2C1. The highest BCUT2D eigenvalue weighted by molar-refractivity contribution is 6.10. The van der Waals surface area contributed by atoms with E-state index in [4.69, 9.17) is 4.74 Å². The number of nitrogens with zero attached hydrogens (tertiary/aromatic N) is 2. The third kappa shape index (κ3) is 5.99. The molecule has 13 heteroatoms. The van der Waals surface area contributed by atoms with Crippen LogP contribution in [0.4, 0.5) is 27.6 Å². The number of fused-ring (bicyclic) bond motifs is 2. The summed E-state index contributed by atoms with van der Waals surface area (Å²) in [7, 11) is 0. The van der Waals surface area contributed by atoms with Crippen LogP contribution in [-0.4, -0.2) is 66.4 Å². The molecule has 0 saturated carbocycles. The molecule has 2 aliphatic rings. The van der Waals surface area contributed by atoms with Crippen LogP contribution < -0.4 is 14.8 Å². The van der Waals surface area contributed by atoms with Gasteiger partial charge >= 0.3 is 12.8 Å². The minimum Gasteiger partial charge on any atom is -0.483 e. The van der Waals surface area contributed by atoms with Crippen molar-refractivity contribution in [3.05, 3.63) is 77.4 Å². The maximum atomic E-state index is 13.5. The first-order valence-corrected chi connectivity index (χ1v) is 12.8. The predicted molar refractivity (Wildman–Crippen MR) is 140 cm³/mol. The summed E-state index contributed by atoms with van der Waals surface area (Å²) in [5.41, 5.74) is 0.615. The number of nitrogens with one attached hydrogen (secondary N) is 1. The fraction of sp³-hybridized carbons (Fsp3) is 0.276. The average Bonchev–Trinajstić information content (AvgIpc) is 3.05. The Kier molecular flexibility index (Phi) is 7.76. The third-order valence-electron chi connectivity index (χ3n) is 7.05. The van der Waals surface area contributed by atoms with Gasteiger partial charge in [-0.15, -0.1) is 0 Å². The summed E-state index contributed by atoms with van der Waals surface area (Å²) in [5, 5.41) is 2.69. The Morgan fingerprint density at radius 3 is 2.50 bits per heavy atom. The predicted octanol–water partition coefficient (Wildman–Crippen LogP) is 4.97. The van der Waals surface area contributed by atoms with Gasteiger partial charge in [0, 0.05) is 13.1 Å². The quantitative estimate of drug-likeness (QED) is 0.411. The molecule has 1 saturated heterocycles. The van der Waals surface area contributed by atoms with Gasteiger partial charge in [-0.3, -0.25) is 14.4 Å². The maximum absolute atomic E-state index is 13.5. The maximum Gasteiger partial charge on any atom is 0.416 e. The highest BCUT2D eigenvalue weighted by atomic mass is 19.4. The minimum absolute atomic E-state index is 0.0363. The topological polar surface area (TPSA) is 88.2 Å². The first kappa shape index (κ1) is 28.8. The van der Waals surface area contributed by atoms with Crippen LogP contribution in [0.1, 0.15) is 21.5 Å². The lowest BCUT2D eigenvalue weighted by Crippen LogP contribution is -2.60. The molecule has 5 rings (SSSR count). The second kappa shape index (κ2) is 11.3. The van der Waals surface area contributed by atoms with E-state index in [0.29, 0.717) is 11.1 Å². The molecule has 42 heavy (non-hydrogen) atoms. The van der Waals surface area contributed by atoms with Gasteiger partial charge in [-0.1, -0.05) is 18.2 Å². The monoisotopic (exact) mass is 589 g/mol. The number of benzene rings is 3. The van der Waals surface area contributed by atoms with Gasteiger partial charge in [0.25, 0.3) is 11.8 Å². The molecule has 3 amide bonds. The number of piperazine rings is 1. The summed E-state index contributed by atoms with van der Waals surface area (Å²) in [6, 6.07) is 12.2. The first-order valence-electron chi connectivity index (χ1n) is 12.8. The largest absolute Gasteiger partial charge is 0.483 e. The number of carbonyl (C=O) groups is 3. The Morgan fingerprint density at radius 1 is 1.02 bits per heavy atom. The molecule has 2 heterocycles. The molecular formula is C29H24F5N3O5. The zero-order chi connectivity index (χ0) is 30.2. The van der Waals surface area contributed by atoms with Crippen LogP contribution in [-0.2, 0) is 15.8 Å². The molecule has 1 unspecified atom stereocenters. The summed E-state index contributed by atoms with van der Waals surface area (Å²) in [5.74, 6) is -1.22. The van der Waals surface area contributed by atoms with Crippen molar-refractivity contribution in [1.29, 1.82) is 0 Å². The van der Waals surface area contributed by atoms with Gasteiger partial charge in [-0.05, 0) is 66.1 Å². The standard InChI is InChI=1S/C29H24F5N3O5/c1-16-11-20(42-28(30)31)6-8-24(16)41-15-25(38)36-9-10-37-23(14-36)26(39)35-22-7-5-18(13-21(22)27(37)40)17-3-2-4-19(12-17)29(32,33)34/h2-8,11-13,23,28H,9-10,14-15H2,1H3,(H,35,39). The molecule has 220 valence electrons. The van der Waals surface area contributed by atoms with Crippen LogP contribution in [0.5, 0.6) is 11.5 Å². The highest BCUT2D eigenvalue weighted by Crippen LogP contribution is 2.34. The molecule has 8 nitrogen and oxygen atoms in total. The molecule has 3 aromatic rings. The number of halogens is 5. The average molecular weight is 590 g/mol. The molecule has 0 aliphatic carbocycles. The summed E-state index contributed by atoms with van der Waals surface area (Å²) in [6.45, 7) is -1.72. The van der Waals surface area contributed by atoms with Gasteiger partial charge in [-0.25, -0.2) is 0 Å². The molecule has 0 bridgehead atoms. The van der Waals surface area contributed by atoms with E-state index >= 15 is 0 Å². The van der Waals surface area contributed by atoms with Crippen LogP contribution in [0.25, 0.3) is 11.1 Å². The number of ether oxygens (including phenoxy) is 2. The van der Waals surface area contributed by atoms with Gasteiger partial charge in [0.05, 0.1) is 23.4 Å². The normalized spacial score (nSPS) is 16.9. The van der Waals surface area contributed by atoms with Crippen LogP contribution in [0.2, 0.25) is 0 Å². The molecule has 2 aliphatic heterocycles. The van der Waals surface area contributed by atoms with Crippen LogP contribution in [0.15, 0.2) is 60.7 Å². The Bertz CT molecular complexity index is 1540. The number of aryl methyl sites for hydroxylation is 1. The van der Waals surface area contributed by atoms with E-state index in [1.165, 1.54) is 58.3 Å².